The number of aromatic nitrogens is 4. The van der Waals surface area contributed by atoms with E-state index >= 15 is 0 Å². The lowest BCUT2D eigenvalue weighted by molar-refractivity contribution is -0.138. The summed E-state index contributed by atoms with van der Waals surface area (Å²) in [4.78, 5) is 34.6. The molecule has 0 atom stereocenters. The van der Waals surface area contributed by atoms with Crippen LogP contribution in [0.5, 0.6) is 0 Å². The van der Waals surface area contributed by atoms with Crippen LogP contribution in [0, 0.1) is 11.3 Å². The zero-order chi connectivity index (χ0) is 25.8. The molecule has 0 aliphatic heterocycles. The van der Waals surface area contributed by atoms with Crippen molar-refractivity contribution in [3.05, 3.63) is 60.2 Å². The van der Waals surface area contributed by atoms with Crippen LogP contribution in [-0.4, -0.2) is 54.2 Å². The first-order valence-electron chi connectivity index (χ1n) is 12.0. The van der Waals surface area contributed by atoms with Crippen LogP contribution in [-0.2, 0) is 4.79 Å². The molecule has 1 aliphatic carbocycles. The van der Waals surface area contributed by atoms with Crippen molar-refractivity contribution >= 4 is 11.9 Å². The predicted molar refractivity (Wildman–Crippen MR) is 133 cm³/mol. The molecule has 9 nitrogen and oxygen atoms in total. The first-order valence-corrected chi connectivity index (χ1v) is 12.0. The lowest BCUT2D eigenvalue weighted by Gasteiger charge is -2.26. The fourth-order valence-electron chi connectivity index (χ4n) is 3.79. The zero-order valence-electron chi connectivity index (χ0n) is 20.7. The number of carbonyl (C=O) groups excluding carboxylic acids is 1. The molecule has 1 saturated carbocycles. The number of amides is 1. The molecule has 9 heteroatoms. The standard InChI is InChI=1S/C22H20N6O3.2C2H6/c23-12-16-10-11-18(13-24-16)28-21(15-6-2-1-3-7-15)25-20(26-28)22(31)27(14-19(29)30)17-8-4-5-9-17;2*1-2/h1-3,6-7,10-11,13,17H,4-5,8-9,14H2,(H,29,30);2*1-2H3. The number of benzene rings is 1. The van der Waals surface area contributed by atoms with Gasteiger partial charge in [-0.15, -0.1) is 5.10 Å². The highest BCUT2D eigenvalue weighted by molar-refractivity contribution is 5.93. The third-order valence-corrected chi connectivity index (χ3v) is 5.27. The second-order valence-corrected chi connectivity index (χ2v) is 7.32. The average Bonchev–Trinajstić information content (AvgIpc) is 3.61. The highest BCUT2D eigenvalue weighted by Crippen LogP contribution is 2.26. The third kappa shape index (κ3) is 6.73. The smallest absolute Gasteiger partial charge is 0.323 e. The monoisotopic (exact) mass is 476 g/mol. The molecule has 0 saturated heterocycles. The first-order chi connectivity index (χ1) is 17.1. The van der Waals surface area contributed by atoms with Crippen LogP contribution in [0.1, 0.15) is 69.7 Å². The number of carboxylic acid groups (broad SMARTS) is 1. The van der Waals surface area contributed by atoms with E-state index in [0.717, 1.165) is 31.2 Å². The van der Waals surface area contributed by atoms with E-state index in [-0.39, 0.29) is 17.6 Å². The molecule has 1 fully saturated rings. The van der Waals surface area contributed by atoms with E-state index in [1.54, 1.807) is 12.1 Å². The molecule has 0 spiro atoms. The van der Waals surface area contributed by atoms with E-state index < -0.39 is 18.4 Å². The van der Waals surface area contributed by atoms with E-state index in [9.17, 15) is 14.7 Å². The van der Waals surface area contributed by atoms with Gasteiger partial charge in [-0.05, 0) is 25.0 Å². The summed E-state index contributed by atoms with van der Waals surface area (Å²) in [5, 5.41) is 22.7. The van der Waals surface area contributed by atoms with E-state index in [1.165, 1.54) is 15.8 Å². The molecule has 2 aromatic heterocycles. The van der Waals surface area contributed by atoms with Gasteiger partial charge in [0.15, 0.2) is 5.82 Å². The van der Waals surface area contributed by atoms with Gasteiger partial charge < -0.3 is 10.0 Å². The molecule has 35 heavy (non-hydrogen) atoms. The van der Waals surface area contributed by atoms with Gasteiger partial charge in [-0.25, -0.2) is 14.6 Å². The molecule has 1 aliphatic rings. The summed E-state index contributed by atoms with van der Waals surface area (Å²) < 4.78 is 1.49. The predicted octanol–water partition coefficient (Wildman–Crippen LogP) is 4.72. The molecule has 0 bridgehead atoms. The summed E-state index contributed by atoms with van der Waals surface area (Å²) in [6, 6.07) is 14.3. The quantitative estimate of drug-likeness (QED) is 0.545. The van der Waals surface area contributed by atoms with Crippen molar-refractivity contribution in [2.45, 2.75) is 59.4 Å². The average molecular weight is 477 g/mol. The maximum atomic E-state index is 13.3. The Kier molecular flexibility index (Phi) is 10.6. The van der Waals surface area contributed by atoms with Crippen molar-refractivity contribution in [1.29, 1.82) is 5.26 Å². The molecule has 1 amide bonds. The van der Waals surface area contributed by atoms with Gasteiger partial charge in [-0.3, -0.25) is 9.59 Å². The molecule has 1 aromatic carbocycles. The van der Waals surface area contributed by atoms with Crippen molar-refractivity contribution in [3.8, 4) is 23.1 Å². The maximum absolute atomic E-state index is 13.3. The Bertz CT molecular complexity index is 1130. The Morgan fingerprint density at radius 1 is 1.09 bits per heavy atom. The van der Waals surface area contributed by atoms with Crippen LogP contribution in [0.3, 0.4) is 0 Å². The number of aliphatic carboxylic acids is 1. The lowest BCUT2D eigenvalue weighted by Crippen LogP contribution is -2.42. The number of carboxylic acids is 1. The minimum atomic E-state index is -1.07. The Hall–Kier alpha value is -4.06. The van der Waals surface area contributed by atoms with Crippen molar-refractivity contribution in [1.82, 2.24) is 24.6 Å². The van der Waals surface area contributed by atoms with E-state index in [4.69, 9.17) is 5.26 Å². The first kappa shape index (κ1) is 27.2. The van der Waals surface area contributed by atoms with Gasteiger partial charge in [-0.2, -0.15) is 5.26 Å². The molecule has 184 valence electrons. The van der Waals surface area contributed by atoms with E-state index in [1.807, 2.05) is 64.1 Å². The van der Waals surface area contributed by atoms with Crippen molar-refractivity contribution in [3.63, 3.8) is 0 Å². The minimum Gasteiger partial charge on any atom is -0.480 e. The topological polar surface area (TPSA) is 125 Å². The number of nitriles is 1. The van der Waals surface area contributed by atoms with Crippen molar-refractivity contribution in [2.24, 2.45) is 0 Å². The van der Waals surface area contributed by atoms with Crippen molar-refractivity contribution < 1.29 is 14.7 Å². The van der Waals surface area contributed by atoms with Gasteiger partial charge in [0.2, 0.25) is 5.82 Å². The van der Waals surface area contributed by atoms with Gasteiger partial charge in [0.1, 0.15) is 18.3 Å². The summed E-state index contributed by atoms with van der Waals surface area (Å²) in [6.45, 7) is 7.61. The van der Waals surface area contributed by atoms with Crippen LogP contribution >= 0.6 is 0 Å². The van der Waals surface area contributed by atoms with E-state index in [2.05, 4.69) is 15.1 Å². The van der Waals surface area contributed by atoms with Crippen LogP contribution in [0.15, 0.2) is 48.7 Å². The molecule has 2 heterocycles. The molecule has 1 N–H and O–H groups in total. The number of pyridine rings is 1. The molecular formula is C26H32N6O3. The maximum Gasteiger partial charge on any atom is 0.323 e. The summed E-state index contributed by atoms with van der Waals surface area (Å²) in [6.07, 6.45) is 4.94. The molecule has 4 rings (SSSR count). The highest BCUT2D eigenvalue weighted by Gasteiger charge is 2.32. The third-order valence-electron chi connectivity index (χ3n) is 5.27. The van der Waals surface area contributed by atoms with Gasteiger partial charge in [0, 0.05) is 11.6 Å². The molecular weight excluding hydrogens is 444 g/mol. The van der Waals surface area contributed by atoms with Crippen LogP contribution in [0.4, 0.5) is 0 Å². The molecule has 3 aromatic rings. The summed E-state index contributed by atoms with van der Waals surface area (Å²) in [5.41, 5.74) is 1.54. The Morgan fingerprint density at radius 3 is 2.29 bits per heavy atom. The zero-order valence-corrected chi connectivity index (χ0v) is 20.7. The number of nitrogens with zero attached hydrogens (tertiary/aromatic N) is 6. The molecule has 0 unspecified atom stereocenters. The molecule has 0 radical (unpaired) electrons. The van der Waals surface area contributed by atoms with Gasteiger partial charge >= 0.3 is 5.97 Å². The second-order valence-electron chi connectivity index (χ2n) is 7.32. The normalized spacial score (nSPS) is 12.4. The summed E-state index contributed by atoms with van der Waals surface area (Å²) in [7, 11) is 0. The Labute approximate surface area is 206 Å². The Morgan fingerprint density at radius 2 is 1.74 bits per heavy atom. The fraction of sp³-hybridized carbons (Fsp3) is 0.385. The number of rotatable bonds is 6. The largest absolute Gasteiger partial charge is 0.480 e. The fourth-order valence-corrected chi connectivity index (χ4v) is 3.79. The van der Waals surface area contributed by atoms with Crippen LogP contribution in [0.2, 0.25) is 0 Å². The highest BCUT2D eigenvalue weighted by atomic mass is 16.4. The number of hydrogen-bond donors (Lipinski definition) is 1. The van der Waals surface area contributed by atoms with Crippen molar-refractivity contribution in [2.75, 3.05) is 6.54 Å². The number of carbonyl (C=O) groups is 2. The Balaban J connectivity index is 0.00000103. The SMILES string of the molecule is CC.CC.N#Cc1ccc(-n2nc(C(=O)N(CC(=O)O)C3CCCC3)nc2-c2ccccc2)cn1. The lowest BCUT2D eigenvalue weighted by atomic mass is 10.2. The minimum absolute atomic E-state index is 0.0728. The van der Waals surface area contributed by atoms with Gasteiger partial charge in [0.25, 0.3) is 5.91 Å². The van der Waals surface area contributed by atoms with Crippen LogP contribution in [0.25, 0.3) is 17.1 Å². The summed E-state index contributed by atoms with van der Waals surface area (Å²) in [5.74, 6) is -1.22. The summed E-state index contributed by atoms with van der Waals surface area (Å²) >= 11 is 0. The van der Waals surface area contributed by atoms with E-state index in [0.29, 0.717) is 11.5 Å². The van der Waals surface area contributed by atoms with Gasteiger partial charge in [-0.1, -0.05) is 70.9 Å². The van der Waals surface area contributed by atoms with Crippen LogP contribution < -0.4 is 0 Å². The van der Waals surface area contributed by atoms with Gasteiger partial charge in [0.05, 0.1) is 11.9 Å². The number of hydrogen-bond acceptors (Lipinski definition) is 6. The second kappa shape index (κ2) is 13.6.